The Hall–Kier alpha value is -2.11. The predicted molar refractivity (Wildman–Crippen MR) is 103 cm³/mol. The van der Waals surface area contributed by atoms with E-state index in [1.165, 1.54) is 5.56 Å². The monoisotopic (exact) mass is 360 g/mol. The van der Waals surface area contributed by atoms with Crippen molar-refractivity contribution in [1.29, 1.82) is 0 Å². The number of aromatic nitrogens is 1. The standard InChI is InChI=1S/C19H25ClN4O/c1-3-21-19(22-11-10-15-6-9-18(20)23-12-15)24-13-17(25)16-7-4-14(2)5-8-16/h4-9,12,17,25H,3,10-11,13H2,1-2H3,(H2,21,22,24). The summed E-state index contributed by atoms with van der Waals surface area (Å²) in [5, 5.41) is 17.2. The first-order chi connectivity index (χ1) is 12.1. The summed E-state index contributed by atoms with van der Waals surface area (Å²) in [7, 11) is 0. The smallest absolute Gasteiger partial charge is 0.191 e. The molecule has 0 radical (unpaired) electrons. The van der Waals surface area contributed by atoms with Gasteiger partial charge in [-0.3, -0.25) is 4.99 Å². The SMILES string of the molecule is CCNC(=NCC(O)c1ccc(C)cc1)NCCc1ccc(Cl)nc1. The highest BCUT2D eigenvalue weighted by Crippen LogP contribution is 2.13. The van der Waals surface area contributed by atoms with Crippen LogP contribution in [-0.4, -0.2) is 35.7 Å². The van der Waals surface area contributed by atoms with Gasteiger partial charge in [0.25, 0.3) is 0 Å². The normalized spacial score (nSPS) is 12.7. The summed E-state index contributed by atoms with van der Waals surface area (Å²) < 4.78 is 0. The van der Waals surface area contributed by atoms with Crippen molar-refractivity contribution in [1.82, 2.24) is 15.6 Å². The molecule has 0 aliphatic heterocycles. The third-order valence-electron chi connectivity index (χ3n) is 3.72. The number of pyridine rings is 1. The van der Waals surface area contributed by atoms with Crippen LogP contribution in [0.15, 0.2) is 47.6 Å². The molecule has 25 heavy (non-hydrogen) atoms. The van der Waals surface area contributed by atoms with E-state index >= 15 is 0 Å². The molecule has 1 heterocycles. The largest absolute Gasteiger partial charge is 0.386 e. The van der Waals surface area contributed by atoms with E-state index in [9.17, 15) is 5.11 Å². The summed E-state index contributed by atoms with van der Waals surface area (Å²) in [6.07, 6.45) is 1.97. The Balaban J connectivity index is 1.86. The van der Waals surface area contributed by atoms with Crippen molar-refractivity contribution in [2.45, 2.75) is 26.4 Å². The number of aryl methyl sites for hydroxylation is 1. The number of nitrogens with zero attached hydrogens (tertiary/aromatic N) is 2. The van der Waals surface area contributed by atoms with Crippen molar-refractivity contribution in [2.24, 2.45) is 4.99 Å². The molecule has 1 unspecified atom stereocenters. The summed E-state index contributed by atoms with van der Waals surface area (Å²) in [4.78, 5) is 8.54. The third kappa shape index (κ3) is 6.72. The molecular weight excluding hydrogens is 336 g/mol. The van der Waals surface area contributed by atoms with E-state index in [1.54, 1.807) is 12.3 Å². The lowest BCUT2D eigenvalue weighted by molar-refractivity contribution is 0.187. The maximum absolute atomic E-state index is 10.3. The van der Waals surface area contributed by atoms with Crippen molar-refractivity contribution in [2.75, 3.05) is 19.6 Å². The van der Waals surface area contributed by atoms with Gasteiger partial charge < -0.3 is 15.7 Å². The molecule has 3 N–H and O–H groups in total. The first-order valence-electron chi connectivity index (χ1n) is 8.45. The number of hydrogen-bond donors (Lipinski definition) is 3. The van der Waals surface area contributed by atoms with Crippen LogP contribution >= 0.6 is 11.6 Å². The number of halogens is 1. The molecule has 1 aromatic heterocycles. The highest BCUT2D eigenvalue weighted by molar-refractivity contribution is 6.29. The average molecular weight is 361 g/mol. The van der Waals surface area contributed by atoms with Crippen molar-refractivity contribution in [3.05, 3.63) is 64.4 Å². The second-order valence-electron chi connectivity index (χ2n) is 5.81. The van der Waals surface area contributed by atoms with Crippen LogP contribution in [0.1, 0.15) is 29.7 Å². The number of hydrogen-bond acceptors (Lipinski definition) is 3. The van der Waals surface area contributed by atoms with E-state index < -0.39 is 6.10 Å². The maximum atomic E-state index is 10.3. The maximum Gasteiger partial charge on any atom is 0.191 e. The quantitative estimate of drug-likeness (QED) is 0.403. The molecule has 2 rings (SSSR count). The lowest BCUT2D eigenvalue weighted by atomic mass is 10.1. The number of aliphatic hydroxyl groups excluding tert-OH is 1. The first-order valence-corrected chi connectivity index (χ1v) is 8.83. The van der Waals surface area contributed by atoms with Crippen LogP contribution in [0.5, 0.6) is 0 Å². The molecule has 5 nitrogen and oxygen atoms in total. The molecule has 134 valence electrons. The lowest BCUT2D eigenvalue weighted by Gasteiger charge is -2.13. The van der Waals surface area contributed by atoms with E-state index in [0.29, 0.717) is 17.7 Å². The molecule has 1 aromatic carbocycles. The van der Waals surface area contributed by atoms with Crippen LogP contribution in [0, 0.1) is 6.92 Å². The van der Waals surface area contributed by atoms with E-state index in [0.717, 1.165) is 30.6 Å². The molecule has 0 amide bonds. The van der Waals surface area contributed by atoms with Crippen LogP contribution in [0.2, 0.25) is 5.15 Å². The molecule has 0 saturated heterocycles. The van der Waals surface area contributed by atoms with Crippen LogP contribution in [0.25, 0.3) is 0 Å². The zero-order chi connectivity index (χ0) is 18.1. The Labute approximate surface area is 154 Å². The van der Waals surface area contributed by atoms with E-state index in [2.05, 4.69) is 20.6 Å². The molecular formula is C19H25ClN4O. The molecule has 0 aliphatic rings. The van der Waals surface area contributed by atoms with Gasteiger partial charge in [0, 0.05) is 19.3 Å². The van der Waals surface area contributed by atoms with E-state index in [1.807, 2.05) is 44.2 Å². The fraction of sp³-hybridized carbons (Fsp3) is 0.368. The Morgan fingerprint density at radius 2 is 1.96 bits per heavy atom. The van der Waals surface area contributed by atoms with Crippen LogP contribution in [-0.2, 0) is 6.42 Å². The van der Waals surface area contributed by atoms with Gasteiger partial charge in [0.15, 0.2) is 5.96 Å². The van der Waals surface area contributed by atoms with Gasteiger partial charge in [-0.05, 0) is 37.5 Å². The predicted octanol–water partition coefficient (Wildman–Crippen LogP) is 2.87. The number of benzene rings is 1. The Morgan fingerprint density at radius 3 is 2.60 bits per heavy atom. The zero-order valence-electron chi connectivity index (χ0n) is 14.7. The van der Waals surface area contributed by atoms with E-state index in [4.69, 9.17) is 11.6 Å². The summed E-state index contributed by atoms with van der Waals surface area (Å²) in [6, 6.07) is 11.6. The van der Waals surface area contributed by atoms with Gasteiger partial charge >= 0.3 is 0 Å². The minimum Gasteiger partial charge on any atom is -0.386 e. The lowest BCUT2D eigenvalue weighted by Crippen LogP contribution is -2.38. The molecule has 0 bridgehead atoms. The van der Waals surface area contributed by atoms with Gasteiger partial charge in [-0.25, -0.2) is 4.98 Å². The topological polar surface area (TPSA) is 69.5 Å². The highest BCUT2D eigenvalue weighted by Gasteiger charge is 2.07. The molecule has 0 saturated carbocycles. The summed E-state index contributed by atoms with van der Waals surface area (Å²) in [6.45, 7) is 5.82. The van der Waals surface area contributed by atoms with Crippen molar-refractivity contribution >= 4 is 17.6 Å². The molecule has 0 aliphatic carbocycles. The molecule has 6 heteroatoms. The van der Waals surface area contributed by atoms with Gasteiger partial charge in [0.2, 0.25) is 0 Å². The van der Waals surface area contributed by atoms with Crippen LogP contribution in [0.3, 0.4) is 0 Å². The molecule has 0 spiro atoms. The number of aliphatic hydroxyl groups is 1. The Bertz CT molecular complexity index is 671. The highest BCUT2D eigenvalue weighted by atomic mass is 35.5. The Morgan fingerprint density at radius 1 is 1.20 bits per heavy atom. The molecule has 1 atom stereocenters. The number of nitrogens with one attached hydrogen (secondary N) is 2. The van der Waals surface area contributed by atoms with Gasteiger partial charge in [-0.2, -0.15) is 0 Å². The summed E-state index contributed by atoms with van der Waals surface area (Å²) in [5.74, 6) is 0.690. The summed E-state index contributed by atoms with van der Waals surface area (Å²) in [5.41, 5.74) is 3.15. The minimum atomic E-state index is -0.614. The number of guanidine groups is 1. The summed E-state index contributed by atoms with van der Waals surface area (Å²) >= 11 is 5.79. The van der Waals surface area contributed by atoms with Crippen molar-refractivity contribution < 1.29 is 5.11 Å². The fourth-order valence-electron chi connectivity index (χ4n) is 2.29. The third-order valence-corrected chi connectivity index (χ3v) is 3.95. The zero-order valence-corrected chi connectivity index (χ0v) is 15.4. The van der Waals surface area contributed by atoms with Crippen molar-refractivity contribution in [3.63, 3.8) is 0 Å². The second kappa shape index (κ2) is 10.0. The van der Waals surface area contributed by atoms with Crippen molar-refractivity contribution in [3.8, 4) is 0 Å². The average Bonchev–Trinajstić information content (AvgIpc) is 2.61. The van der Waals surface area contributed by atoms with Gasteiger partial charge in [-0.15, -0.1) is 0 Å². The fourth-order valence-corrected chi connectivity index (χ4v) is 2.40. The second-order valence-corrected chi connectivity index (χ2v) is 6.20. The molecule has 0 fully saturated rings. The van der Waals surface area contributed by atoms with Crippen LogP contribution in [0.4, 0.5) is 0 Å². The Kier molecular flexibility index (Phi) is 7.70. The van der Waals surface area contributed by atoms with Gasteiger partial charge in [0.1, 0.15) is 5.15 Å². The first kappa shape index (κ1) is 19.2. The molecule has 2 aromatic rings. The van der Waals surface area contributed by atoms with Gasteiger partial charge in [-0.1, -0.05) is 47.5 Å². The number of rotatable bonds is 7. The number of aliphatic imine (C=N–C) groups is 1. The van der Waals surface area contributed by atoms with E-state index in [-0.39, 0.29) is 0 Å². The van der Waals surface area contributed by atoms with Gasteiger partial charge in [0.05, 0.1) is 12.6 Å². The van der Waals surface area contributed by atoms with Crippen LogP contribution < -0.4 is 10.6 Å². The minimum absolute atomic E-state index is 0.306.